The molecule has 0 aliphatic carbocycles. The number of ether oxygens (including phenoxy) is 1. The minimum Gasteiger partial charge on any atom is -0.496 e. The fraction of sp³-hybridized carbons (Fsp3) is 0.304. The van der Waals surface area contributed by atoms with Crippen LogP contribution in [-0.2, 0) is 6.42 Å². The molecule has 6 nitrogen and oxygen atoms in total. The quantitative estimate of drug-likeness (QED) is 0.592. The lowest BCUT2D eigenvalue weighted by Gasteiger charge is -2.18. The summed E-state index contributed by atoms with van der Waals surface area (Å²) in [5.74, 6) is 2.29. The van der Waals surface area contributed by atoms with Crippen molar-refractivity contribution < 1.29 is 4.74 Å². The van der Waals surface area contributed by atoms with E-state index < -0.39 is 0 Å². The summed E-state index contributed by atoms with van der Waals surface area (Å²) in [4.78, 5) is 11.3. The number of rotatable bonds is 8. The van der Waals surface area contributed by atoms with Crippen LogP contribution in [-0.4, -0.2) is 36.7 Å². The normalized spacial score (nSPS) is 13.3. The number of hydrogen-bond donors (Lipinski definition) is 2. The zero-order valence-corrected chi connectivity index (χ0v) is 16.8. The number of methoxy groups -OCH3 is 1. The van der Waals surface area contributed by atoms with Gasteiger partial charge in [0.05, 0.1) is 7.11 Å². The monoisotopic (exact) mass is 389 g/mol. The van der Waals surface area contributed by atoms with Crippen LogP contribution in [0.4, 0.5) is 23.1 Å². The maximum absolute atomic E-state index is 5.40. The molecule has 0 radical (unpaired) electrons. The second kappa shape index (κ2) is 9.28. The first-order valence-electron chi connectivity index (χ1n) is 10.1. The highest BCUT2D eigenvalue weighted by Gasteiger charge is 2.11. The van der Waals surface area contributed by atoms with Crippen LogP contribution < -0.4 is 20.3 Å². The average Bonchev–Trinajstić information content (AvgIpc) is 3.30. The Morgan fingerprint density at radius 2 is 1.79 bits per heavy atom. The Labute approximate surface area is 172 Å². The van der Waals surface area contributed by atoms with Gasteiger partial charge in [-0.1, -0.05) is 18.2 Å². The van der Waals surface area contributed by atoms with Crippen LogP contribution in [0.1, 0.15) is 18.4 Å². The summed E-state index contributed by atoms with van der Waals surface area (Å²) < 4.78 is 5.40. The summed E-state index contributed by atoms with van der Waals surface area (Å²) in [5.41, 5.74) is 3.47. The van der Waals surface area contributed by atoms with E-state index in [2.05, 4.69) is 55.8 Å². The number of nitrogens with one attached hydrogen (secondary N) is 2. The fourth-order valence-electron chi connectivity index (χ4n) is 3.61. The zero-order valence-electron chi connectivity index (χ0n) is 16.8. The molecule has 2 heterocycles. The van der Waals surface area contributed by atoms with Crippen molar-refractivity contribution in [3.8, 4) is 5.75 Å². The molecule has 1 saturated heterocycles. The Balaban J connectivity index is 1.33. The van der Waals surface area contributed by atoms with Gasteiger partial charge in [0.15, 0.2) is 0 Å². The predicted octanol–water partition coefficient (Wildman–Crippen LogP) is 4.48. The summed E-state index contributed by atoms with van der Waals surface area (Å²) in [5, 5.41) is 6.65. The van der Waals surface area contributed by atoms with Crippen molar-refractivity contribution >= 4 is 23.1 Å². The van der Waals surface area contributed by atoms with Crippen LogP contribution in [0.5, 0.6) is 5.75 Å². The largest absolute Gasteiger partial charge is 0.496 e. The van der Waals surface area contributed by atoms with E-state index in [0.29, 0.717) is 5.95 Å². The Kier molecular flexibility index (Phi) is 6.10. The van der Waals surface area contributed by atoms with E-state index in [0.717, 1.165) is 48.9 Å². The molecule has 0 bridgehead atoms. The Morgan fingerprint density at radius 1 is 1.00 bits per heavy atom. The number of benzene rings is 2. The van der Waals surface area contributed by atoms with Gasteiger partial charge >= 0.3 is 0 Å². The van der Waals surface area contributed by atoms with Crippen molar-refractivity contribution in [1.29, 1.82) is 0 Å². The molecule has 150 valence electrons. The molecule has 4 rings (SSSR count). The molecule has 0 atom stereocenters. The first-order valence-corrected chi connectivity index (χ1v) is 10.1. The van der Waals surface area contributed by atoms with Gasteiger partial charge in [-0.3, -0.25) is 0 Å². The molecule has 0 amide bonds. The third kappa shape index (κ3) is 4.96. The number of aromatic nitrogens is 2. The summed E-state index contributed by atoms with van der Waals surface area (Å²) in [7, 11) is 1.70. The third-order valence-corrected chi connectivity index (χ3v) is 5.14. The van der Waals surface area contributed by atoms with Crippen LogP contribution in [0.3, 0.4) is 0 Å². The van der Waals surface area contributed by atoms with Crippen molar-refractivity contribution in [2.75, 3.05) is 42.3 Å². The van der Waals surface area contributed by atoms with Gasteiger partial charge in [-0.15, -0.1) is 0 Å². The number of anilines is 4. The molecule has 29 heavy (non-hydrogen) atoms. The molecule has 0 spiro atoms. The maximum Gasteiger partial charge on any atom is 0.224 e. The van der Waals surface area contributed by atoms with E-state index in [1.54, 1.807) is 13.3 Å². The average molecular weight is 390 g/mol. The Hall–Kier alpha value is -3.28. The SMILES string of the molecule is COc1ccccc1CCNc1nccc(Nc2ccc(N3CCCC3)cc2)n1. The first-order chi connectivity index (χ1) is 14.3. The van der Waals surface area contributed by atoms with Crippen molar-refractivity contribution in [3.05, 3.63) is 66.4 Å². The lowest BCUT2D eigenvalue weighted by atomic mass is 10.1. The van der Waals surface area contributed by atoms with Gasteiger partial charge < -0.3 is 20.3 Å². The fourth-order valence-corrected chi connectivity index (χ4v) is 3.61. The molecule has 1 aromatic heterocycles. The summed E-state index contributed by atoms with van der Waals surface area (Å²) in [6.45, 7) is 3.04. The molecule has 1 aliphatic rings. The highest BCUT2D eigenvalue weighted by Crippen LogP contribution is 2.23. The highest BCUT2D eigenvalue weighted by molar-refractivity contribution is 5.61. The van der Waals surface area contributed by atoms with Crippen LogP contribution >= 0.6 is 0 Å². The van der Waals surface area contributed by atoms with E-state index >= 15 is 0 Å². The van der Waals surface area contributed by atoms with E-state index in [-0.39, 0.29) is 0 Å². The molecule has 6 heteroatoms. The second-order valence-corrected chi connectivity index (χ2v) is 7.12. The van der Waals surface area contributed by atoms with Gasteiger partial charge in [0.1, 0.15) is 11.6 Å². The van der Waals surface area contributed by atoms with Crippen LogP contribution in [0.15, 0.2) is 60.8 Å². The number of nitrogens with zero attached hydrogens (tertiary/aromatic N) is 3. The third-order valence-electron chi connectivity index (χ3n) is 5.14. The summed E-state index contributed by atoms with van der Waals surface area (Å²) in [6.07, 6.45) is 5.17. The van der Waals surface area contributed by atoms with Gasteiger partial charge in [0.25, 0.3) is 0 Å². The molecule has 1 aliphatic heterocycles. The first kappa shape index (κ1) is 19.1. The molecule has 3 aromatic rings. The van der Waals surface area contributed by atoms with E-state index in [1.165, 1.54) is 18.5 Å². The Bertz CT molecular complexity index is 923. The summed E-state index contributed by atoms with van der Waals surface area (Å²) >= 11 is 0. The molecule has 1 fully saturated rings. The Morgan fingerprint density at radius 3 is 2.59 bits per heavy atom. The lowest BCUT2D eigenvalue weighted by Crippen LogP contribution is -2.17. The van der Waals surface area contributed by atoms with Gasteiger partial charge in [-0.2, -0.15) is 4.98 Å². The van der Waals surface area contributed by atoms with Gasteiger partial charge in [-0.05, 0) is 61.2 Å². The number of para-hydroxylation sites is 1. The predicted molar refractivity (Wildman–Crippen MR) is 118 cm³/mol. The molecule has 0 saturated carbocycles. The lowest BCUT2D eigenvalue weighted by molar-refractivity contribution is 0.410. The molecule has 2 N–H and O–H groups in total. The minimum absolute atomic E-state index is 0.610. The van der Waals surface area contributed by atoms with Crippen molar-refractivity contribution in [1.82, 2.24) is 9.97 Å². The zero-order chi connectivity index (χ0) is 19.9. The topological polar surface area (TPSA) is 62.3 Å². The van der Waals surface area contributed by atoms with Crippen LogP contribution in [0.2, 0.25) is 0 Å². The van der Waals surface area contributed by atoms with Gasteiger partial charge in [0.2, 0.25) is 5.95 Å². The van der Waals surface area contributed by atoms with Crippen molar-refractivity contribution in [2.24, 2.45) is 0 Å². The van der Waals surface area contributed by atoms with E-state index in [9.17, 15) is 0 Å². The maximum atomic E-state index is 5.40. The van der Waals surface area contributed by atoms with Crippen LogP contribution in [0.25, 0.3) is 0 Å². The van der Waals surface area contributed by atoms with Crippen molar-refractivity contribution in [3.63, 3.8) is 0 Å². The molecule has 0 unspecified atom stereocenters. The number of hydrogen-bond acceptors (Lipinski definition) is 6. The smallest absolute Gasteiger partial charge is 0.224 e. The molecular formula is C23H27N5O. The van der Waals surface area contributed by atoms with Gasteiger partial charge in [0, 0.05) is 37.2 Å². The van der Waals surface area contributed by atoms with Crippen LogP contribution in [0, 0.1) is 0 Å². The van der Waals surface area contributed by atoms with E-state index in [4.69, 9.17) is 4.74 Å². The van der Waals surface area contributed by atoms with Gasteiger partial charge in [-0.25, -0.2) is 4.98 Å². The van der Waals surface area contributed by atoms with E-state index in [1.807, 2.05) is 24.3 Å². The standard InChI is InChI=1S/C23H27N5O/c1-29-21-7-3-2-6-18(21)12-14-24-23-25-15-13-22(27-23)26-19-8-10-20(11-9-19)28-16-4-5-17-28/h2-3,6-11,13,15H,4-5,12,14,16-17H2,1H3,(H2,24,25,26,27). The van der Waals surface area contributed by atoms with Crippen molar-refractivity contribution in [2.45, 2.75) is 19.3 Å². The minimum atomic E-state index is 0.610. The molecular weight excluding hydrogens is 362 g/mol. The highest BCUT2D eigenvalue weighted by atomic mass is 16.5. The second-order valence-electron chi connectivity index (χ2n) is 7.12. The molecule has 2 aromatic carbocycles. The summed E-state index contributed by atoms with van der Waals surface area (Å²) in [6, 6.07) is 18.5.